The quantitative estimate of drug-likeness (QED) is 0.834. The van der Waals surface area contributed by atoms with Crippen LogP contribution in [0.1, 0.15) is 11.1 Å². The van der Waals surface area contributed by atoms with Gasteiger partial charge in [-0.25, -0.2) is 0 Å². The van der Waals surface area contributed by atoms with Crippen LogP contribution in [0, 0.1) is 13.8 Å². The van der Waals surface area contributed by atoms with E-state index in [-0.39, 0.29) is 24.9 Å². The number of carbonyl (C=O) groups excluding carboxylic acids is 1. The van der Waals surface area contributed by atoms with Gasteiger partial charge in [0.25, 0.3) is 5.91 Å². The number of rotatable bonds is 5. The van der Waals surface area contributed by atoms with Gasteiger partial charge in [0.15, 0.2) is 6.61 Å². The summed E-state index contributed by atoms with van der Waals surface area (Å²) in [6, 6.07) is 5.91. The summed E-state index contributed by atoms with van der Waals surface area (Å²) in [6.07, 6.45) is 0. The molecule has 0 aliphatic rings. The molecule has 1 aromatic carbocycles. The van der Waals surface area contributed by atoms with E-state index in [4.69, 9.17) is 10.5 Å². The SMILES string of the molecule is Cc1ccc(C)c(OCC(=O)NCCN)c1.Cl. The molecule has 0 bridgehead atoms. The Balaban J connectivity index is 0.00000256. The highest BCUT2D eigenvalue weighted by Gasteiger charge is 2.04. The summed E-state index contributed by atoms with van der Waals surface area (Å²) in [7, 11) is 0. The van der Waals surface area contributed by atoms with Gasteiger partial charge < -0.3 is 15.8 Å². The second-order valence-corrected chi connectivity index (χ2v) is 3.70. The van der Waals surface area contributed by atoms with Gasteiger partial charge in [-0.1, -0.05) is 12.1 Å². The fourth-order valence-corrected chi connectivity index (χ4v) is 1.27. The van der Waals surface area contributed by atoms with E-state index in [1.165, 1.54) is 0 Å². The Kier molecular flexibility index (Phi) is 7.34. The lowest BCUT2D eigenvalue weighted by Crippen LogP contribution is -2.32. The van der Waals surface area contributed by atoms with Crippen molar-refractivity contribution in [3.05, 3.63) is 29.3 Å². The van der Waals surface area contributed by atoms with E-state index in [2.05, 4.69) is 5.32 Å². The Morgan fingerprint density at radius 2 is 2.12 bits per heavy atom. The van der Waals surface area contributed by atoms with Crippen LogP contribution in [0.2, 0.25) is 0 Å². The summed E-state index contributed by atoms with van der Waals surface area (Å²) in [6.45, 7) is 4.89. The van der Waals surface area contributed by atoms with Crippen LogP contribution in [0.4, 0.5) is 0 Å². The van der Waals surface area contributed by atoms with Crippen LogP contribution in [-0.2, 0) is 4.79 Å². The first-order valence-electron chi connectivity index (χ1n) is 5.30. The van der Waals surface area contributed by atoms with E-state index in [9.17, 15) is 4.79 Å². The fraction of sp³-hybridized carbons (Fsp3) is 0.417. The van der Waals surface area contributed by atoms with Crippen LogP contribution in [-0.4, -0.2) is 25.6 Å². The van der Waals surface area contributed by atoms with Gasteiger partial charge in [0.1, 0.15) is 5.75 Å². The molecule has 0 aromatic heterocycles. The average Bonchev–Trinajstić information content (AvgIpc) is 2.27. The van der Waals surface area contributed by atoms with E-state index in [0.717, 1.165) is 16.9 Å². The molecule has 5 heteroatoms. The summed E-state index contributed by atoms with van der Waals surface area (Å²) >= 11 is 0. The van der Waals surface area contributed by atoms with Gasteiger partial charge in [-0.2, -0.15) is 0 Å². The first-order chi connectivity index (χ1) is 7.63. The molecule has 3 N–H and O–H groups in total. The van der Waals surface area contributed by atoms with Crippen molar-refractivity contribution < 1.29 is 9.53 Å². The molecule has 0 heterocycles. The molecule has 0 saturated heterocycles. The minimum absolute atomic E-state index is 0. The highest BCUT2D eigenvalue weighted by Crippen LogP contribution is 2.18. The number of hydrogen-bond acceptors (Lipinski definition) is 3. The van der Waals surface area contributed by atoms with Gasteiger partial charge in [0, 0.05) is 13.1 Å². The van der Waals surface area contributed by atoms with Crippen LogP contribution < -0.4 is 15.8 Å². The molecule has 0 atom stereocenters. The highest BCUT2D eigenvalue weighted by molar-refractivity contribution is 5.85. The van der Waals surface area contributed by atoms with Gasteiger partial charge >= 0.3 is 0 Å². The van der Waals surface area contributed by atoms with Crippen molar-refractivity contribution in [2.45, 2.75) is 13.8 Å². The van der Waals surface area contributed by atoms with Gasteiger partial charge in [0.2, 0.25) is 0 Å². The normalized spacial score (nSPS) is 9.35. The number of amides is 1. The summed E-state index contributed by atoms with van der Waals surface area (Å²) in [5.74, 6) is 0.606. The fourth-order valence-electron chi connectivity index (χ4n) is 1.27. The highest BCUT2D eigenvalue weighted by atomic mass is 35.5. The Morgan fingerprint density at radius 1 is 1.41 bits per heavy atom. The van der Waals surface area contributed by atoms with Crippen molar-refractivity contribution in [1.82, 2.24) is 5.32 Å². The summed E-state index contributed by atoms with van der Waals surface area (Å²) in [5, 5.41) is 2.65. The van der Waals surface area contributed by atoms with Crippen LogP contribution in [0.5, 0.6) is 5.75 Å². The molecule has 1 amide bonds. The maximum atomic E-state index is 11.3. The van der Waals surface area contributed by atoms with Crippen LogP contribution in [0.3, 0.4) is 0 Å². The first kappa shape index (κ1) is 15.7. The third kappa shape index (κ3) is 5.56. The van der Waals surface area contributed by atoms with Crippen molar-refractivity contribution >= 4 is 18.3 Å². The van der Waals surface area contributed by atoms with Crippen molar-refractivity contribution in [2.75, 3.05) is 19.7 Å². The maximum Gasteiger partial charge on any atom is 0.257 e. The third-order valence-corrected chi connectivity index (χ3v) is 2.17. The van der Waals surface area contributed by atoms with Crippen LogP contribution in [0.15, 0.2) is 18.2 Å². The average molecular weight is 259 g/mol. The minimum atomic E-state index is -0.147. The zero-order valence-electron chi connectivity index (χ0n) is 10.2. The van der Waals surface area contributed by atoms with E-state index in [0.29, 0.717) is 13.1 Å². The summed E-state index contributed by atoms with van der Waals surface area (Å²) in [4.78, 5) is 11.3. The lowest BCUT2D eigenvalue weighted by molar-refractivity contribution is -0.123. The molecule has 0 fully saturated rings. The van der Waals surface area contributed by atoms with Crippen molar-refractivity contribution in [1.29, 1.82) is 0 Å². The smallest absolute Gasteiger partial charge is 0.257 e. The van der Waals surface area contributed by atoms with Gasteiger partial charge in [-0.15, -0.1) is 12.4 Å². The third-order valence-electron chi connectivity index (χ3n) is 2.17. The molecule has 1 aromatic rings. The lowest BCUT2D eigenvalue weighted by Gasteiger charge is -2.09. The number of nitrogens with one attached hydrogen (secondary N) is 1. The molecule has 0 radical (unpaired) electrons. The van der Waals surface area contributed by atoms with Crippen molar-refractivity contribution in [3.8, 4) is 5.75 Å². The van der Waals surface area contributed by atoms with E-state index in [1.54, 1.807) is 0 Å². The van der Waals surface area contributed by atoms with E-state index < -0.39 is 0 Å². The molecule has 96 valence electrons. The standard InChI is InChI=1S/C12H18N2O2.ClH/c1-9-3-4-10(2)11(7-9)16-8-12(15)14-6-5-13;/h3-4,7H,5-6,8,13H2,1-2H3,(H,14,15);1H. The molecule has 0 aliphatic carbocycles. The number of aryl methyl sites for hydroxylation is 2. The Bertz CT molecular complexity index is 370. The maximum absolute atomic E-state index is 11.3. The Hall–Kier alpha value is -1.26. The number of carbonyl (C=O) groups is 1. The number of nitrogens with two attached hydrogens (primary N) is 1. The zero-order chi connectivity index (χ0) is 12.0. The predicted octanol–water partition coefficient (Wildman–Crippen LogP) is 1.18. The predicted molar refractivity (Wildman–Crippen MR) is 70.7 cm³/mol. The van der Waals surface area contributed by atoms with Gasteiger partial charge in [0.05, 0.1) is 0 Å². The van der Waals surface area contributed by atoms with E-state index >= 15 is 0 Å². The van der Waals surface area contributed by atoms with Gasteiger partial charge in [-0.05, 0) is 31.0 Å². The molecular weight excluding hydrogens is 240 g/mol. The molecular formula is C12H19ClN2O2. The first-order valence-corrected chi connectivity index (χ1v) is 5.30. The minimum Gasteiger partial charge on any atom is -0.483 e. The second-order valence-electron chi connectivity index (χ2n) is 3.70. The van der Waals surface area contributed by atoms with Crippen LogP contribution in [0.25, 0.3) is 0 Å². The van der Waals surface area contributed by atoms with Gasteiger partial charge in [-0.3, -0.25) is 4.79 Å². The number of halogens is 1. The number of benzene rings is 1. The zero-order valence-corrected chi connectivity index (χ0v) is 11.0. The van der Waals surface area contributed by atoms with Crippen molar-refractivity contribution in [3.63, 3.8) is 0 Å². The van der Waals surface area contributed by atoms with Crippen LogP contribution >= 0.6 is 12.4 Å². The Morgan fingerprint density at radius 3 is 2.76 bits per heavy atom. The molecule has 0 spiro atoms. The topological polar surface area (TPSA) is 64.3 Å². The summed E-state index contributed by atoms with van der Waals surface area (Å²) in [5.41, 5.74) is 7.41. The van der Waals surface area contributed by atoms with Crippen molar-refractivity contribution in [2.24, 2.45) is 5.73 Å². The molecule has 0 saturated carbocycles. The summed E-state index contributed by atoms with van der Waals surface area (Å²) < 4.78 is 5.42. The lowest BCUT2D eigenvalue weighted by atomic mass is 10.1. The molecule has 0 aliphatic heterocycles. The molecule has 1 rings (SSSR count). The second kappa shape index (κ2) is 7.92. The Labute approximate surface area is 108 Å². The largest absolute Gasteiger partial charge is 0.483 e. The number of ether oxygens (including phenoxy) is 1. The van der Waals surface area contributed by atoms with E-state index in [1.807, 2.05) is 32.0 Å². The molecule has 4 nitrogen and oxygen atoms in total. The monoisotopic (exact) mass is 258 g/mol. The number of hydrogen-bond donors (Lipinski definition) is 2. The molecule has 17 heavy (non-hydrogen) atoms. The molecule has 0 unspecified atom stereocenters.